The van der Waals surface area contributed by atoms with Crippen LogP contribution in [0.25, 0.3) is 11.1 Å². The van der Waals surface area contributed by atoms with E-state index in [4.69, 9.17) is 9.84 Å². The Morgan fingerprint density at radius 3 is 1.94 bits per heavy atom. The van der Waals surface area contributed by atoms with Gasteiger partial charge in [0.05, 0.1) is 6.42 Å². The van der Waals surface area contributed by atoms with Gasteiger partial charge in [0.2, 0.25) is 5.91 Å². The lowest BCUT2D eigenvalue weighted by atomic mass is 9.78. The highest BCUT2D eigenvalue weighted by Gasteiger charge is 2.36. The molecule has 0 aliphatic heterocycles. The van der Waals surface area contributed by atoms with E-state index < -0.39 is 12.1 Å². The summed E-state index contributed by atoms with van der Waals surface area (Å²) in [6, 6.07) is 15.7. The molecule has 3 aliphatic carbocycles. The SMILES string of the molecule is O=C(O)CC(NC(=O)CC(NC(=O)OCC1c2ccccc2-c2ccccc21)C1CCC1)C1CC1. The summed E-state index contributed by atoms with van der Waals surface area (Å²) >= 11 is 0. The molecule has 2 amide bonds. The van der Waals surface area contributed by atoms with Crippen molar-refractivity contribution in [3.05, 3.63) is 59.7 Å². The molecule has 5 rings (SSSR count). The zero-order chi connectivity index (χ0) is 24.4. The van der Waals surface area contributed by atoms with Crippen LogP contribution >= 0.6 is 0 Å². The van der Waals surface area contributed by atoms with E-state index in [-0.39, 0.29) is 55.2 Å². The van der Waals surface area contributed by atoms with Crippen LogP contribution in [-0.4, -0.2) is 41.8 Å². The van der Waals surface area contributed by atoms with E-state index in [0.29, 0.717) is 0 Å². The molecule has 2 aromatic carbocycles. The quantitative estimate of drug-likeness (QED) is 0.470. The molecule has 7 nitrogen and oxygen atoms in total. The summed E-state index contributed by atoms with van der Waals surface area (Å²) < 4.78 is 5.69. The van der Waals surface area contributed by atoms with Gasteiger partial charge >= 0.3 is 12.1 Å². The monoisotopic (exact) mass is 476 g/mol. The van der Waals surface area contributed by atoms with E-state index in [0.717, 1.165) is 43.2 Å². The van der Waals surface area contributed by atoms with Crippen LogP contribution < -0.4 is 10.6 Å². The van der Waals surface area contributed by atoms with Gasteiger partial charge in [-0.3, -0.25) is 9.59 Å². The first-order valence-electron chi connectivity index (χ1n) is 12.6. The number of amides is 2. The Kier molecular flexibility index (Phi) is 6.75. The van der Waals surface area contributed by atoms with Crippen LogP contribution in [-0.2, 0) is 14.3 Å². The third-order valence-electron chi connectivity index (χ3n) is 7.70. The molecule has 2 fully saturated rings. The highest BCUT2D eigenvalue weighted by atomic mass is 16.5. The lowest BCUT2D eigenvalue weighted by molar-refractivity contribution is -0.137. The maximum Gasteiger partial charge on any atom is 0.407 e. The number of aliphatic carboxylic acids is 1. The lowest BCUT2D eigenvalue weighted by Gasteiger charge is -2.34. The topological polar surface area (TPSA) is 105 Å². The van der Waals surface area contributed by atoms with Gasteiger partial charge in [0, 0.05) is 24.4 Å². The second-order valence-electron chi connectivity index (χ2n) is 10.1. The van der Waals surface area contributed by atoms with Crippen molar-refractivity contribution in [1.82, 2.24) is 10.6 Å². The minimum Gasteiger partial charge on any atom is -0.481 e. The molecule has 184 valence electrons. The number of carboxylic acid groups (broad SMARTS) is 1. The average Bonchev–Trinajstić information content (AvgIpc) is 3.59. The Balaban J connectivity index is 1.19. The first kappa shape index (κ1) is 23.4. The van der Waals surface area contributed by atoms with Crippen LogP contribution in [0.1, 0.15) is 62.0 Å². The summed E-state index contributed by atoms with van der Waals surface area (Å²) in [6.07, 6.45) is 4.46. The van der Waals surface area contributed by atoms with Gasteiger partial charge < -0.3 is 20.5 Å². The molecule has 7 heteroatoms. The molecular weight excluding hydrogens is 444 g/mol. The molecule has 2 unspecified atom stereocenters. The summed E-state index contributed by atoms with van der Waals surface area (Å²) in [5.41, 5.74) is 4.65. The molecule has 3 N–H and O–H groups in total. The number of ether oxygens (including phenoxy) is 1. The van der Waals surface area contributed by atoms with Gasteiger partial charge in [-0.05, 0) is 59.8 Å². The number of rotatable bonds is 10. The van der Waals surface area contributed by atoms with Crippen molar-refractivity contribution in [2.45, 2.75) is 62.9 Å². The van der Waals surface area contributed by atoms with Gasteiger partial charge in [0.15, 0.2) is 0 Å². The first-order valence-corrected chi connectivity index (χ1v) is 12.6. The molecule has 3 aliphatic rings. The van der Waals surface area contributed by atoms with Crippen molar-refractivity contribution in [3.8, 4) is 11.1 Å². The minimum absolute atomic E-state index is 0.0195. The Labute approximate surface area is 205 Å². The Bertz CT molecular complexity index is 1060. The third kappa shape index (κ3) is 5.34. The van der Waals surface area contributed by atoms with E-state index in [1.54, 1.807) is 0 Å². The van der Waals surface area contributed by atoms with Gasteiger partial charge in [-0.25, -0.2) is 4.79 Å². The normalized spacial score (nSPS) is 18.5. The van der Waals surface area contributed by atoms with E-state index in [1.165, 1.54) is 11.1 Å². The molecule has 0 aromatic heterocycles. The Morgan fingerprint density at radius 2 is 1.40 bits per heavy atom. The van der Waals surface area contributed by atoms with Crippen molar-refractivity contribution in [1.29, 1.82) is 0 Å². The number of benzene rings is 2. The van der Waals surface area contributed by atoms with E-state index in [2.05, 4.69) is 34.9 Å². The number of nitrogens with one attached hydrogen (secondary N) is 2. The maximum absolute atomic E-state index is 12.8. The standard InChI is InChI=1S/C28H32N2O5/c31-26(29-25(15-27(32)33)18-12-13-18)14-24(17-6-5-7-17)30-28(34)35-16-23-21-10-3-1-8-19(21)20-9-2-4-11-22(20)23/h1-4,8-11,17-18,23-25H,5-7,12-16H2,(H,29,31)(H,30,34)(H,32,33). The van der Waals surface area contributed by atoms with Gasteiger partial charge in [0.25, 0.3) is 0 Å². The molecule has 2 aromatic rings. The molecule has 0 spiro atoms. The second-order valence-corrected chi connectivity index (χ2v) is 10.1. The number of alkyl carbamates (subject to hydrolysis) is 1. The smallest absolute Gasteiger partial charge is 0.407 e. The van der Waals surface area contributed by atoms with Crippen LogP contribution in [0.15, 0.2) is 48.5 Å². The molecule has 0 saturated heterocycles. The average molecular weight is 477 g/mol. The molecule has 35 heavy (non-hydrogen) atoms. The van der Waals surface area contributed by atoms with Crippen LogP contribution in [0.4, 0.5) is 4.79 Å². The molecule has 2 saturated carbocycles. The fraction of sp³-hybridized carbons (Fsp3) is 0.464. The van der Waals surface area contributed by atoms with E-state index in [9.17, 15) is 14.4 Å². The van der Waals surface area contributed by atoms with Crippen LogP contribution in [0, 0.1) is 11.8 Å². The van der Waals surface area contributed by atoms with E-state index in [1.807, 2.05) is 24.3 Å². The van der Waals surface area contributed by atoms with Crippen LogP contribution in [0.3, 0.4) is 0 Å². The van der Waals surface area contributed by atoms with Gasteiger partial charge in [-0.1, -0.05) is 55.0 Å². The fourth-order valence-corrected chi connectivity index (χ4v) is 5.46. The largest absolute Gasteiger partial charge is 0.481 e. The Morgan fingerprint density at radius 1 is 0.829 bits per heavy atom. The van der Waals surface area contributed by atoms with Gasteiger partial charge in [-0.2, -0.15) is 0 Å². The van der Waals surface area contributed by atoms with Gasteiger partial charge in [0.1, 0.15) is 6.61 Å². The van der Waals surface area contributed by atoms with Crippen LogP contribution in [0.2, 0.25) is 0 Å². The fourth-order valence-electron chi connectivity index (χ4n) is 5.46. The molecular formula is C28H32N2O5. The molecule has 0 radical (unpaired) electrons. The number of carbonyl (C=O) groups is 3. The number of hydrogen-bond donors (Lipinski definition) is 3. The Hall–Kier alpha value is -3.35. The first-order chi connectivity index (χ1) is 17.0. The summed E-state index contributed by atoms with van der Waals surface area (Å²) in [4.78, 5) is 36.7. The van der Waals surface area contributed by atoms with Crippen molar-refractivity contribution < 1.29 is 24.2 Å². The summed E-state index contributed by atoms with van der Waals surface area (Å²) in [5.74, 6) is -0.658. The summed E-state index contributed by atoms with van der Waals surface area (Å²) in [6.45, 7) is 0.228. The minimum atomic E-state index is -0.908. The summed E-state index contributed by atoms with van der Waals surface area (Å²) in [5, 5.41) is 15.0. The van der Waals surface area contributed by atoms with Crippen LogP contribution in [0.5, 0.6) is 0 Å². The van der Waals surface area contributed by atoms with Crippen molar-refractivity contribution in [3.63, 3.8) is 0 Å². The molecule has 0 bridgehead atoms. The number of carbonyl (C=O) groups excluding carboxylic acids is 2. The highest BCUT2D eigenvalue weighted by Crippen LogP contribution is 2.44. The third-order valence-corrected chi connectivity index (χ3v) is 7.70. The predicted octanol–water partition coefficient (Wildman–Crippen LogP) is 4.45. The predicted molar refractivity (Wildman–Crippen MR) is 131 cm³/mol. The van der Waals surface area contributed by atoms with E-state index >= 15 is 0 Å². The number of hydrogen-bond acceptors (Lipinski definition) is 4. The summed E-state index contributed by atoms with van der Waals surface area (Å²) in [7, 11) is 0. The second kappa shape index (κ2) is 10.1. The maximum atomic E-state index is 12.8. The molecule has 0 heterocycles. The van der Waals surface area contributed by atoms with Crippen molar-refractivity contribution in [2.24, 2.45) is 11.8 Å². The number of fused-ring (bicyclic) bond motifs is 3. The van der Waals surface area contributed by atoms with Crippen molar-refractivity contribution in [2.75, 3.05) is 6.61 Å². The molecule has 2 atom stereocenters. The van der Waals surface area contributed by atoms with Crippen molar-refractivity contribution >= 4 is 18.0 Å². The zero-order valence-corrected chi connectivity index (χ0v) is 19.7. The lowest BCUT2D eigenvalue weighted by Crippen LogP contribution is -2.48. The highest BCUT2D eigenvalue weighted by molar-refractivity contribution is 5.80. The van der Waals surface area contributed by atoms with Gasteiger partial charge in [-0.15, -0.1) is 0 Å². The number of carboxylic acids is 1. The zero-order valence-electron chi connectivity index (χ0n) is 19.7.